The smallest absolute Gasteiger partial charge is 0.0438 e. The minimum absolute atomic E-state index is 1.17. The molecule has 0 aliphatic carbocycles. The molecule has 1 rings (SSSR count). The first-order valence-electron chi connectivity index (χ1n) is 3.69. The van der Waals surface area contributed by atoms with Gasteiger partial charge in [-0.1, -0.05) is 24.8 Å². The Kier molecular flexibility index (Phi) is 2.32. The van der Waals surface area contributed by atoms with Gasteiger partial charge in [0.15, 0.2) is 0 Å². The van der Waals surface area contributed by atoms with Crippen molar-refractivity contribution < 1.29 is 0 Å². The third-order valence-electron chi connectivity index (χ3n) is 1.73. The molecule has 0 aliphatic heterocycles. The number of hydrogen-bond donors (Lipinski definition) is 1. The fraction of sp³-hybridized carbons (Fsp3) is 0.200. The highest BCUT2D eigenvalue weighted by atomic mass is 14.8. The largest absolute Gasteiger partial charge is 0.362 e. The molecule has 1 nitrogen and oxygen atoms in total. The Morgan fingerprint density at radius 3 is 2.27 bits per heavy atom. The lowest BCUT2D eigenvalue weighted by atomic mass is 10.1. The Balaban J connectivity index is 3.09. The van der Waals surface area contributed by atoms with E-state index in [2.05, 4.69) is 43.9 Å². The Bertz CT molecular complexity index is 243. The van der Waals surface area contributed by atoms with Gasteiger partial charge >= 0.3 is 0 Å². The van der Waals surface area contributed by atoms with Crippen LogP contribution in [0.3, 0.4) is 0 Å². The number of rotatable bonds is 2. The first kappa shape index (κ1) is 7.86. The number of nitrogens with one attached hydrogen (secondary N) is 1. The van der Waals surface area contributed by atoms with Crippen LogP contribution in [0.1, 0.15) is 11.1 Å². The highest BCUT2D eigenvalue weighted by Crippen LogP contribution is 2.18. The number of hydrogen-bond acceptors (Lipinski definition) is 1. The van der Waals surface area contributed by atoms with Gasteiger partial charge in [-0.25, -0.2) is 0 Å². The van der Waals surface area contributed by atoms with Crippen molar-refractivity contribution in [2.75, 3.05) is 5.32 Å². The van der Waals surface area contributed by atoms with E-state index >= 15 is 0 Å². The molecule has 1 aromatic carbocycles. The predicted octanol–water partition coefficient (Wildman–Crippen LogP) is 2.86. The van der Waals surface area contributed by atoms with E-state index in [-0.39, 0.29) is 0 Å². The summed E-state index contributed by atoms with van der Waals surface area (Å²) in [7, 11) is 0. The van der Waals surface area contributed by atoms with Crippen molar-refractivity contribution in [1.29, 1.82) is 0 Å². The van der Waals surface area contributed by atoms with Crippen LogP contribution in [0.15, 0.2) is 31.0 Å². The summed E-state index contributed by atoms with van der Waals surface area (Å²) in [5, 5.41) is 3.11. The van der Waals surface area contributed by atoms with Crippen molar-refractivity contribution in [3.05, 3.63) is 42.1 Å². The Hall–Kier alpha value is -1.24. The second kappa shape index (κ2) is 3.24. The van der Waals surface area contributed by atoms with Crippen LogP contribution >= 0.6 is 0 Å². The SMILES string of the molecule is C=CNc1c(C)cccc1C. The third kappa shape index (κ3) is 1.61. The van der Waals surface area contributed by atoms with E-state index in [1.807, 2.05) is 0 Å². The zero-order valence-corrected chi connectivity index (χ0v) is 7.02. The number of para-hydroxylation sites is 1. The molecule has 0 saturated carbocycles. The Labute approximate surface area is 67.8 Å². The maximum absolute atomic E-state index is 3.63. The van der Waals surface area contributed by atoms with Gasteiger partial charge in [0.2, 0.25) is 0 Å². The molecule has 1 aromatic rings. The van der Waals surface area contributed by atoms with Crippen molar-refractivity contribution in [2.45, 2.75) is 13.8 Å². The molecule has 0 saturated heterocycles. The van der Waals surface area contributed by atoms with Crippen LogP contribution in [-0.4, -0.2) is 0 Å². The van der Waals surface area contributed by atoms with Gasteiger partial charge in [0, 0.05) is 5.69 Å². The second-order valence-electron chi connectivity index (χ2n) is 2.62. The fourth-order valence-corrected chi connectivity index (χ4v) is 1.14. The lowest BCUT2D eigenvalue weighted by Crippen LogP contribution is -1.92. The topological polar surface area (TPSA) is 12.0 Å². The monoisotopic (exact) mass is 147 g/mol. The molecular formula is C10H13N. The summed E-state index contributed by atoms with van der Waals surface area (Å²) < 4.78 is 0. The predicted molar refractivity (Wildman–Crippen MR) is 49.7 cm³/mol. The summed E-state index contributed by atoms with van der Waals surface area (Å²) >= 11 is 0. The van der Waals surface area contributed by atoms with Crippen molar-refractivity contribution >= 4 is 5.69 Å². The molecule has 0 radical (unpaired) electrons. The molecule has 11 heavy (non-hydrogen) atoms. The molecule has 0 aliphatic rings. The van der Waals surface area contributed by atoms with Crippen molar-refractivity contribution in [1.82, 2.24) is 0 Å². The maximum atomic E-state index is 3.63. The molecule has 0 unspecified atom stereocenters. The van der Waals surface area contributed by atoms with Gasteiger partial charge in [-0.3, -0.25) is 0 Å². The molecule has 0 amide bonds. The van der Waals surface area contributed by atoms with Crippen molar-refractivity contribution in [3.8, 4) is 0 Å². The first-order chi connectivity index (χ1) is 5.25. The molecule has 0 spiro atoms. The van der Waals surface area contributed by atoms with Gasteiger partial charge in [-0.2, -0.15) is 0 Å². The van der Waals surface area contributed by atoms with Crippen molar-refractivity contribution in [2.24, 2.45) is 0 Å². The lowest BCUT2D eigenvalue weighted by Gasteiger charge is -2.07. The van der Waals surface area contributed by atoms with E-state index in [4.69, 9.17) is 0 Å². The minimum atomic E-state index is 1.17. The van der Waals surface area contributed by atoms with Gasteiger partial charge in [-0.05, 0) is 31.2 Å². The summed E-state index contributed by atoms with van der Waals surface area (Å²) in [6.45, 7) is 7.79. The molecule has 0 fully saturated rings. The summed E-state index contributed by atoms with van der Waals surface area (Å²) in [4.78, 5) is 0. The molecule has 0 heterocycles. The second-order valence-corrected chi connectivity index (χ2v) is 2.62. The number of anilines is 1. The molecule has 0 bridgehead atoms. The third-order valence-corrected chi connectivity index (χ3v) is 1.73. The Morgan fingerprint density at radius 1 is 1.27 bits per heavy atom. The maximum Gasteiger partial charge on any atom is 0.0438 e. The van der Waals surface area contributed by atoms with E-state index in [1.54, 1.807) is 6.20 Å². The van der Waals surface area contributed by atoms with E-state index in [1.165, 1.54) is 16.8 Å². The van der Waals surface area contributed by atoms with Gasteiger partial charge in [0.25, 0.3) is 0 Å². The van der Waals surface area contributed by atoms with E-state index in [0.29, 0.717) is 0 Å². The van der Waals surface area contributed by atoms with Gasteiger partial charge in [0.05, 0.1) is 0 Å². The molecule has 0 aromatic heterocycles. The minimum Gasteiger partial charge on any atom is -0.362 e. The van der Waals surface area contributed by atoms with Gasteiger partial charge in [0.1, 0.15) is 0 Å². The zero-order chi connectivity index (χ0) is 8.27. The normalized spacial score (nSPS) is 9.27. The van der Waals surface area contributed by atoms with E-state index in [0.717, 1.165) is 0 Å². The van der Waals surface area contributed by atoms with Gasteiger partial charge < -0.3 is 5.32 Å². The fourth-order valence-electron chi connectivity index (χ4n) is 1.14. The summed E-state index contributed by atoms with van der Waals surface area (Å²) in [6, 6.07) is 6.22. The lowest BCUT2D eigenvalue weighted by molar-refractivity contribution is 1.36. The summed E-state index contributed by atoms with van der Waals surface area (Å²) in [5.41, 5.74) is 3.68. The van der Waals surface area contributed by atoms with Crippen LogP contribution in [0.25, 0.3) is 0 Å². The molecular weight excluding hydrogens is 134 g/mol. The molecule has 1 N–H and O–H groups in total. The molecule has 1 heteroatoms. The first-order valence-corrected chi connectivity index (χ1v) is 3.69. The zero-order valence-electron chi connectivity index (χ0n) is 7.02. The molecule has 58 valence electrons. The number of benzene rings is 1. The summed E-state index contributed by atoms with van der Waals surface area (Å²) in [6.07, 6.45) is 1.70. The average Bonchev–Trinajstić information content (AvgIpc) is 1.97. The van der Waals surface area contributed by atoms with Crippen molar-refractivity contribution in [3.63, 3.8) is 0 Å². The average molecular weight is 147 g/mol. The van der Waals surface area contributed by atoms with Gasteiger partial charge in [-0.15, -0.1) is 0 Å². The van der Waals surface area contributed by atoms with E-state index in [9.17, 15) is 0 Å². The van der Waals surface area contributed by atoms with Crippen LogP contribution in [0, 0.1) is 13.8 Å². The van der Waals surface area contributed by atoms with Crippen LogP contribution in [-0.2, 0) is 0 Å². The highest BCUT2D eigenvalue weighted by Gasteiger charge is 1.97. The standard InChI is InChI=1S/C10H13N/c1-4-11-10-8(2)6-5-7-9(10)3/h4-7,11H,1H2,2-3H3. The number of aryl methyl sites for hydroxylation is 2. The van der Waals surface area contributed by atoms with E-state index < -0.39 is 0 Å². The van der Waals surface area contributed by atoms with Crippen LogP contribution in [0.5, 0.6) is 0 Å². The Morgan fingerprint density at radius 2 is 1.82 bits per heavy atom. The molecule has 0 atom stereocenters. The quantitative estimate of drug-likeness (QED) is 0.678. The highest BCUT2D eigenvalue weighted by molar-refractivity contribution is 5.57. The summed E-state index contributed by atoms with van der Waals surface area (Å²) in [5.74, 6) is 0. The van der Waals surface area contributed by atoms with Crippen LogP contribution in [0.4, 0.5) is 5.69 Å². The van der Waals surface area contributed by atoms with Crippen LogP contribution in [0.2, 0.25) is 0 Å². The van der Waals surface area contributed by atoms with Crippen LogP contribution < -0.4 is 5.32 Å².